The molecule has 24 heavy (non-hydrogen) atoms. The fourth-order valence-electron chi connectivity index (χ4n) is 2.30. The first-order valence-corrected chi connectivity index (χ1v) is 8.80. The van der Waals surface area contributed by atoms with Crippen molar-refractivity contribution in [2.24, 2.45) is 0 Å². The summed E-state index contributed by atoms with van der Waals surface area (Å²) in [4.78, 5) is 19.5. The third-order valence-corrected chi connectivity index (χ3v) is 4.62. The van der Waals surface area contributed by atoms with Crippen LogP contribution in [0.15, 0.2) is 46.3 Å². The molecule has 0 spiro atoms. The lowest BCUT2D eigenvalue weighted by Crippen LogP contribution is -2.31. The zero-order valence-corrected chi connectivity index (χ0v) is 14.7. The van der Waals surface area contributed by atoms with Crippen LogP contribution < -0.4 is 0 Å². The van der Waals surface area contributed by atoms with E-state index in [0.717, 1.165) is 10.4 Å². The minimum atomic E-state index is -0.00404. The van der Waals surface area contributed by atoms with Crippen molar-refractivity contribution in [1.82, 2.24) is 15.0 Å². The van der Waals surface area contributed by atoms with Gasteiger partial charge in [-0.25, -0.2) is 0 Å². The molecule has 1 aromatic carbocycles. The Morgan fingerprint density at radius 1 is 1.33 bits per heavy atom. The van der Waals surface area contributed by atoms with Gasteiger partial charge in [-0.1, -0.05) is 35.0 Å². The van der Waals surface area contributed by atoms with Crippen LogP contribution in [0.25, 0.3) is 10.7 Å². The molecule has 0 aliphatic heterocycles. The first kappa shape index (κ1) is 16.7. The quantitative estimate of drug-likeness (QED) is 0.664. The first-order valence-electron chi connectivity index (χ1n) is 7.54. The van der Waals surface area contributed by atoms with Crippen LogP contribution in [-0.2, 0) is 17.8 Å². The zero-order valence-electron chi connectivity index (χ0n) is 13.1. The van der Waals surface area contributed by atoms with Crippen LogP contribution in [0.4, 0.5) is 0 Å². The Bertz CT molecular complexity index is 817. The van der Waals surface area contributed by atoms with Crippen molar-refractivity contribution in [3.05, 3.63) is 58.3 Å². The summed E-state index contributed by atoms with van der Waals surface area (Å²) in [6, 6.07) is 11.2. The van der Waals surface area contributed by atoms with Crippen LogP contribution >= 0.6 is 22.9 Å². The maximum absolute atomic E-state index is 12.5. The maximum Gasteiger partial charge on any atom is 0.246 e. The molecule has 0 saturated heterocycles. The minimum Gasteiger partial charge on any atom is -0.337 e. The van der Waals surface area contributed by atoms with Gasteiger partial charge in [0.2, 0.25) is 17.6 Å². The van der Waals surface area contributed by atoms with E-state index < -0.39 is 0 Å². The highest BCUT2D eigenvalue weighted by molar-refractivity contribution is 7.13. The molecule has 3 rings (SSSR count). The van der Waals surface area contributed by atoms with Gasteiger partial charge in [-0.3, -0.25) is 4.79 Å². The molecular weight excluding hydrogens is 346 g/mol. The largest absolute Gasteiger partial charge is 0.337 e. The van der Waals surface area contributed by atoms with E-state index in [4.69, 9.17) is 16.1 Å². The van der Waals surface area contributed by atoms with E-state index in [2.05, 4.69) is 10.1 Å². The van der Waals surface area contributed by atoms with Crippen LogP contribution in [0.3, 0.4) is 0 Å². The molecule has 0 radical (unpaired) electrons. The predicted molar refractivity (Wildman–Crippen MR) is 93.9 cm³/mol. The SMILES string of the molecule is CCN(Cc1nc(-c2cccs2)no1)C(=O)Cc1cccc(Cl)c1. The number of benzene rings is 1. The highest BCUT2D eigenvalue weighted by Gasteiger charge is 2.17. The molecule has 0 saturated carbocycles. The van der Waals surface area contributed by atoms with Crippen molar-refractivity contribution in [3.8, 4) is 10.7 Å². The van der Waals surface area contributed by atoms with Crippen LogP contribution in [0, 0.1) is 0 Å². The van der Waals surface area contributed by atoms with Gasteiger partial charge in [-0.2, -0.15) is 4.98 Å². The molecule has 2 aromatic heterocycles. The van der Waals surface area contributed by atoms with Gasteiger partial charge in [0.15, 0.2) is 0 Å². The Kier molecular flexibility index (Phi) is 5.27. The van der Waals surface area contributed by atoms with Crippen LogP contribution in [-0.4, -0.2) is 27.5 Å². The van der Waals surface area contributed by atoms with Crippen LogP contribution in [0.2, 0.25) is 5.02 Å². The summed E-state index contributed by atoms with van der Waals surface area (Å²) in [7, 11) is 0. The monoisotopic (exact) mass is 361 g/mol. The van der Waals surface area contributed by atoms with Gasteiger partial charge in [0.1, 0.15) is 0 Å². The van der Waals surface area contributed by atoms with Crippen molar-refractivity contribution < 1.29 is 9.32 Å². The van der Waals surface area contributed by atoms with Crippen molar-refractivity contribution in [2.45, 2.75) is 19.9 Å². The van der Waals surface area contributed by atoms with Crippen molar-refractivity contribution in [3.63, 3.8) is 0 Å². The smallest absolute Gasteiger partial charge is 0.246 e. The average molecular weight is 362 g/mol. The molecule has 0 aliphatic rings. The van der Waals surface area contributed by atoms with E-state index in [0.29, 0.717) is 36.2 Å². The number of nitrogens with zero attached hydrogens (tertiary/aromatic N) is 3. The number of aromatic nitrogens is 2. The Balaban J connectivity index is 1.67. The van der Waals surface area contributed by atoms with E-state index in [1.54, 1.807) is 28.4 Å². The molecule has 1 amide bonds. The molecule has 0 aliphatic carbocycles. The lowest BCUT2D eigenvalue weighted by atomic mass is 10.1. The van der Waals surface area contributed by atoms with E-state index in [1.807, 2.05) is 36.6 Å². The summed E-state index contributed by atoms with van der Waals surface area (Å²) in [6.45, 7) is 2.79. The second-order valence-electron chi connectivity index (χ2n) is 5.20. The highest BCUT2D eigenvalue weighted by Crippen LogP contribution is 2.21. The van der Waals surface area contributed by atoms with Gasteiger partial charge in [0, 0.05) is 11.6 Å². The predicted octanol–water partition coefficient (Wildman–Crippen LogP) is 4.04. The van der Waals surface area contributed by atoms with Crippen molar-refractivity contribution in [1.29, 1.82) is 0 Å². The van der Waals surface area contributed by atoms with E-state index in [1.165, 1.54) is 0 Å². The number of thiophene rings is 1. The molecular formula is C17H16ClN3O2S. The fraction of sp³-hybridized carbons (Fsp3) is 0.235. The molecule has 0 atom stereocenters. The Morgan fingerprint density at radius 3 is 2.92 bits per heavy atom. The third kappa shape index (κ3) is 4.01. The lowest BCUT2D eigenvalue weighted by molar-refractivity contribution is -0.131. The van der Waals surface area contributed by atoms with Gasteiger partial charge in [0.25, 0.3) is 0 Å². The Hall–Kier alpha value is -2.18. The summed E-state index contributed by atoms with van der Waals surface area (Å²) >= 11 is 7.51. The number of carbonyl (C=O) groups is 1. The number of hydrogen-bond donors (Lipinski definition) is 0. The second-order valence-corrected chi connectivity index (χ2v) is 6.59. The molecule has 0 bridgehead atoms. The topological polar surface area (TPSA) is 59.2 Å². The first-order chi connectivity index (χ1) is 11.7. The van der Waals surface area contributed by atoms with Crippen LogP contribution in [0.5, 0.6) is 0 Å². The molecule has 0 N–H and O–H groups in total. The van der Waals surface area contributed by atoms with E-state index >= 15 is 0 Å². The van der Waals surface area contributed by atoms with Gasteiger partial charge >= 0.3 is 0 Å². The minimum absolute atomic E-state index is 0.00404. The Labute approximate surface area is 148 Å². The summed E-state index contributed by atoms with van der Waals surface area (Å²) < 4.78 is 5.27. The summed E-state index contributed by atoms with van der Waals surface area (Å²) in [5.41, 5.74) is 0.885. The summed E-state index contributed by atoms with van der Waals surface area (Å²) in [6.07, 6.45) is 0.292. The number of likely N-dealkylation sites (N-methyl/N-ethyl adjacent to an activating group) is 1. The highest BCUT2D eigenvalue weighted by atomic mass is 35.5. The van der Waals surface area contributed by atoms with Gasteiger partial charge < -0.3 is 9.42 Å². The lowest BCUT2D eigenvalue weighted by Gasteiger charge is -2.18. The molecule has 7 heteroatoms. The second kappa shape index (κ2) is 7.59. The molecule has 2 heterocycles. The molecule has 0 unspecified atom stereocenters. The third-order valence-electron chi connectivity index (χ3n) is 3.51. The molecule has 3 aromatic rings. The van der Waals surface area contributed by atoms with Crippen LogP contribution in [0.1, 0.15) is 18.4 Å². The summed E-state index contributed by atoms with van der Waals surface area (Å²) in [5.74, 6) is 0.980. The van der Waals surface area contributed by atoms with E-state index in [9.17, 15) is 4.79 Å². The maximum atomic E-state index is 12.5. The number of amides is 1. The number of hydrogen-bond acceptors (Lipinski definition) is 5. The zero-order chi connectivity index (χ0) is 16.9. The van der Waals surface area contributed by atoms with E-state index in [-0.39, 0.29) is 5.91 Å². The number of halogens is 1. The van der Waals surface area contributed by atoms with Crippen molar-refractivity contribution >= 4 is 28.8 Å². The fourth-order valence-corrected chi connectivity index (χ4v) is 3.16. The number of rotatable bonds is 6. The summed E-state index contributed by atoms with van der Waals surface area (Å²) in [5, 5.41) is 6.55. The normalized spacial score (nSPS) is 10.8. The standard InChI is InChI=1S/C17H16ClN3O2S/c1-2-21(16(22)10-12-5-3-6-13(18)9-12)11-15-19-17(20-23-15)14-7-4-8-24-14/h3-9H,2,10-11H2,1H3. The molecule has 5 nitrogen and oxygen atoms in total. The molecule has 0 fully saturated rings. The van der Waals surface area contributed by atoms with Gasteiger partial charge in [-0.05, 0) is 36.1 Å². The van der Waals surface area contributed by atoms with Crippen molar-refractivity contribution in [2.75, 3.05) is 6.54 Å². The number of carbonyl (C=O) groups excluding carboxylic acids is 1. The molecule has 124 valence electrons. The Morgan fingerprint density at radius 2 is 2.21 bits per heavy atom. The van der Waals surface area contributed by atoms with Gasteiger partial charge in [0.05, 0.1) is 17.8 Å². The average Bonchev–Trinajstić information content (AvgIpc) is 3.23. The van der Waals surface area contributed by atoms with Gasteiger partial charge in [-0.15, -0.1) is 11.3 Å².